The van der Waals surface area contributed by atoms with Crippen molar-refractivity contribution >= 4 is 0 Å². The number of aromatic nitrogens is 2. The van der Waals surface area contributed by atoms with E-state index in [1.54, 1.807) is 0 Å². The summed E-state index contributed by atoms with van der Waals surface area (Å²) in [5.74, 6) is 1.50. The lowest BCUT2D eigenvalue weighted by Gasteiger charge is -2.23. The van der Waals surface area contributed by atoms with Crippen LogP contribution < -0.4 is 5.32 Å². The summed E-state index contributed by atoms with van der Waals surface area (Å²) in [7, 11) is 2.07. The smallest absolute Gasteiger partial charge is 0.0524 e. The predicted molar refractivity (Wildman–Crippen MR) is 75.8 cm³/mol. The molecule has 0 saturated heterocycles. The Bertz CT molecular complexity index is 345. The molecule has 102 valence electrons. The maximum absolute atomic E-state index is 4.50. The van der Waals surface area contributed by atoms with Gasteiger partial charge in [-0.2, -0.15) is 5.10 Å². The highest BCUT2D eigenvalue weighted by molar-refractivity contribution is 5.13. The molecule has 3 nitrogen and oxygen atoms in total. The molecule has 2 atom stereocenters. The van der Waals surface area contributed by atoms with E-state index in [1.807, 2.05) is 0 Å². The molecule has 1 aliphatic carbocycles. The molecule has 1 saturated carbocycles. The minimum Gasteiger partial charge on any atom is -0.319 e. The van der Waals surface area contributed by atoms with Crippen LogP contribution in [0.4, 0.5) is 0 Å². The van der Waals surface area contributed by atoms with Crippen LogP contribution in [0.5, 0.6) is 0 Å². The fraction of sp³-hybridized carbons (Fsp3) is 0.800. The molecule has 0 amide bonds. The van der Waals surface area contributed by atoms with Crippen molar-refractivity contribution in [2.24, 2.45) is 5.92 Å². The molecule has 0 aromatic carbocycles. The van der Waals surface area contributed by atoms with Crippen molar-refractivity contribution in [1.82, 2.24) is 15.1 Å². The van der Waals surface area contributed by atoms with E-state index >= 15 is 0 Å². The minimum absolute atomic E-state index is 0.713. The average Bonchev–Trinajstić information content (AvgIpc) is 2.69. The van der Waals surface area contributed by atoms with E-state index in [2.05, 4.69) is 41.5 Å². The van der Waals surface area contributed by atoms with Crippen LogP contribution in [0.3, 0.4) is 0 Å². The van der Waals surface area contributed by atoms with E-state index in [9.17, 15) is 0 Å². The summed E-state index contributed by atoms with van der Waals surface area (Å²) in [6.45, 7) is 4.39. The van der Waals surface area contributed by atoms with Gasteiger partial charge in [-0.15, -0.1) is 0 Å². The van der Waals surface area contributed by atoms with Gasteiger partial charge in [-0.05, 0) is 50.3 Å². The van der Waals surface area contributed by atoms with Gasteiger partial charge in [-0.3, -0.25) is 4.68 Å². The molecular formula is C15H27N3. The molecule has 0 radical (unpaired) electrons. The second-order valence-corrected chi connectivity index (χ2v) is 5.60. The number of hydrogen-bond acceptors (Lipinski definition) is 2. The van der Waals surface area contributed by atoms with E-state index in [0.717, 1.165) is 25.4 Å². The first-order valence-corrected chi connectivity index (χ1v) is 7.52. The molecule has 0 aliphatic heterocycles. The molecule has 1 N–H and O–H groups in total. The van der Waals surface area contributed by atoms with Crippen molar-refractivity contribution in [2.75, 3.05) is 13.6 Å². The molecule has 0 bridgehead atoms. The second kappa shape index (κ2) is 6.93. The van der Waals surface area contributed by atoms with Crippen molar-refractivity contribution in [3.8, 4) is 0 Å². The molecule has 2 unspecified atom stereocenters. The van der Waals surface area contributed by atoms with Crippen LogP contribution in [0.15, 0.2) is 12.4 Å². The molecule has 1 aliphatic rings. The zero-order valence-electron chi connectivity index (χ0n) is 11.9. The van der Waals surface area contributed by atoms with Gasteiger partial charge in [0.1, 0.15) is 0 Å². The van der Waals surface area contributed by atoms with E-state index in [4.69, 9.17) is 0 Å². The SMILES string of the molecule is CCCn1cc(C2CCCCCC2CNC)cn1. The van der Waals surface area contributed by atoms with Gasteiger partial charge in [0.15, 0.2) is 0 Å². The van der Waals surface area contributed by atoms with Crippen LogP contribution in [0.1, 0.15) is 56.9 Å². The summed E-state index contributed by atoms with van der Waals surface area (Å²) in [6, 6.07) is 0. The van der Waals surface area contributed by atoms with E-state index in [-0.39, 0.29) is 0 Å². The van der Waals surface area contributed by atoms with Crippen LogP contribution in [-0.2, 0) is 6.54 Å². The third-order valence-electron chi connectivity index (χ3n) is 4.16. The first kappa shape index (κ1) is 13.6. The Morgan fingerprint density at radius 1 is 1.33 bits per heavy atom. The molecule has 18 heavy (non-hydrogen) atoms. The van der Waals surface area contributed by atoms with Crippen molar-refractivity contribution in [2.45, 2.75) is 57.9 Å². The Kier molecular flexibility index (Phi) is 5.24. The lowest BCUT2D eigenvalue weighted by Crippen LogP contribution is -2.24. The largest absolute Gasteiger partial charge is 0.319 e. The number of nitrogens with one attached hydrogen (secondary N) is 1. The lowest BCUT2D eigenvalue weighted by atomic mass is 9.84. The average molecular weight is 249 g/mol. The van der Waals surface area contributed by atoms with Gasteiger partial charge in [0.05, 0.1) is 6.20 Å². The van der Waals surface area contributed by atoms with E-state index in [1.165, 1.54) is 37.7 Å². The zero-order valence-corrected chi connectivity index (χ0v) is 11.9. The Morgan fingerprint density at radius 3 is 2.94 bits per heavy atom. The molecule has 3 heteroatoms. The van der Waals surface area contributed by atoms with E-state index < -0.39 is 0 Å². The van der Waals surface area contributed by atoms with Crippen LogP contribution in [0.2, 0.25) is 0 Å². The summed E-state index contributed by atoms with van der Waals surface area (Å²) in [5.41, 5.74) is 1.46. The highest BCUT2D eigenvalue weighted by Gasteiger charge is 2.25. The quantitative estimate of drug-likeness (QED) is 0.812. The fourth-order valence-electron chi connectivity index (χ4n) is 3.25. The van der Waals surface area contributed by atoms with Gasteiger partial charge in [-0.1, -0.05) is 26.2 Å². The number of rotatable bonds is 5. The van der Waals surface area contributed by atoms with Crippen molar-refractivity contribution in [3.63, 3.8) is 0 Å². The summed E-state index contributed by atoms with van der Waals surface area (Å²) in [5, 5.41) is 7.87. The van der Waals surface area contributed by atoms with Crippen LogP contribution in [0, 0.1) is 5.92 Å². The summed E-state index contributed by atoms with van der Waals surface area (Å²) >= 11 is 0. The van der Waals surface area contributed by atoms with Crippen molar-refractivity contribution in [1.29, 1.82) is 0 Å². The Balaban J connectivity index is 2.09. The number of hydrogen-bond donors (Lipinski definition) is 1. The number of nitrogens with zero attached hydrogens (tertiary/aromatic N) is 2. The maximum Gasteiger partial charge on any atom is 0.0524 e. The Labute approximate surface area is 111 Å². The lowest BCUT2D eigenvalue weighted by molar-refractivity contribution is 0.386. The minimum atomic E-state index is 0.713. The summed E-state index contributed by atoms with van der Waals surface area (Å²) in [6.07, 6.45) is 12.4. The first-order chi connectivity index (χ1) is 8.85. The third-order valence-corrected chi connectivity index (χ3v) is 4.16. The summed E-state index contributed by atoms with van der Waals surface area (Å²) < 4.78 is 2.11. The number of aryl methyl sites for hydroxylation is 1. The van der Waals surface area contributed by atoms with Gasteiger partial charge in [-0.25, -0.2) is 0 Å². The third kappa shape index (κ3) is 3.35. The Hall–Kier alpha value is -0.830. The van der Waals surface area contributed by atoms with Gasteiger partial charge in [0.25, 0.3) is 0 Å². The van der Waals surface area contributed by atoms with Crippen LogP contribution in [0.25, 0.3) is 0 Å². The zero-order chi connectivity index (χ0) is 12.8. The predicted octanol–water partition coefficient (Wildman–Crippen LogP) is 3.18. The molecule has 1 fully saturated rings. The van der Waals surface area contributed by atoms with Gasteiger partial charge in [0.2, 0.25) is 0 Å². The molecular weight excluding hydrogens is 222 g/mol. The summed E-state index contributed by atoms with van der Waals surface area (Å²) in [4.78, 5) is 0. The van der Waals surface area contributed by atoms with Crippen LogP contribution >= 0.6 is 0 Å². The van der Waals surface area contributed by atoms with Gasteiger partial charge in [0, 0.05) is 12.7 Å². The molecule has 1 aromatic rings. The second-order valence-electron chi connectivity index (χ2n) is 5.60. The van der Waals surface area contributed by atoms with Crippen molar-refractivity contribution < 1.29 is 0 Å². The van der Waals surface area contributed by atoms with E-state index in [0.29, 0.717) is 5.92 Å². The highest BCUT2D eigenvalue weighted by Crippen LogP contribution is 2.36. The van der Waals surface area contributed by atoms with Gasteiger partial charge < -0.3 is 5.32 Å². The normalized spacial score (nSPS) is 25.0. The molecule has 0 spiro atoms. The standard InChI is InChI=1S/C15H27N3/c1-3-9-18-12-14(11-17-18)15-8-6-4-5-7-13(15)10-16-2/h11-13,15-16H,3-10H2,1-2H3. The molecule has 1 aromatic heterocycles. The fourth-order valence-corrected chi connectivity index (χ4v) is 3.25. The first-order valence-electron chi connectivity index (χ1n) is 7.52. The molecule has 1 heterocycles. The van der Waals surface area contributed by atoms with Gasteiger partial charge >= 0.3 is 0 Å². The van der Waals surface area contributed by atoms with Crippen molar-refractivity contribution in [3.05, 3.63) is 18.0 Å². The maximum atomic E-state index is 4.50. The topological polar surface area (TPSA) is 29.9 Å². The monoisotopic (exact) mass is 249 g/mol. The molecule has 2 rings (SSSR count). The van der Waals surface area contributed by atoms with Crippen LogP contribution in [-0.4, -0.2) is 23.4 Å². The Morgan fingerprint density at radius 2 is 2.17 bits per heavy atom. The highest BCUT2D eigenvalue weighted by atomic mass is 15.3.